The minimum atomic E-state index is -0.164. The molecular formula is C24H29FN2O. The summed E-state index contributed by atoms with van der Waals surface area (Å²) in [5.74, 6) is 0.444. The van der Waals surface area contributed by atoms with Gasteiger partial charge in [-0.15, -0.1) is 0 Å². The fourth-order valence-electron chi connectivity index (χ4n) is 3.82. The highest BCUT2D eigenvalue weighted by molar-refractivity contribution is 5.94. The van der Waals surface area contributed by atoms with Gasteiger partial charge in [-0.25, -0.2) is 4.39 Å². The van der Waals surface area contributed by atoms with Gasteiger partial charge in [0.15, 0.2) is 0 Å². The highest BCUT2D eigenvalue weighted by Crippen LogP contribution is 2.19. The van der Waals surface area contributed by atoms with Crippen LogP contribution in [0, 0.1) is 11.7 Å². The van der Waals surface area contributed by atoms with Gasteiger partial charge < -0.3 is 9.80 Å². The second-order valence-electron chi connectivity index (χ2n) is 7.68. The Labute approximate surface area is 167 Å². The maximum absolute atomic E-state index is 13.3. The standard InChI is InChI=1S/C24H29FN2O/c1-3-19-7-9-22(10-8-19)24(28)26(2)18-21-12-15-27(16-13-21)14-11-20-5-4-6-23(25)17-20/h3-10,17,21H,1,11-16,18H2,2H3. The second-order valence-corrected chi connectivity index (χ2v) is 7.68. The number of hydrogen-bond donors (Lipinski definition) is 0. The van der Waals surface area contributed by atoms with Crippen LogP contribution in [0.2, 0.25) is 0 Å². The number of halogens is 1. The van der Waals surface area contributed by atoms with E-state index >= 15 is 0 Å². The molecule has 1 amide bonds. The molecule has 3 rings (SSSR count). The molecule has 0 atom stereocenters. The van der Waals surface area contributed by atoms with Gasteiger partial charge in [0, 0.05) is 25.7 Å². The van der Waals surface area contributed by atoms with E-state index in [1.54, 1.807) is 18.2 Å². The predicted octanol–water partition coefficient (Wildman–Crippen LogP) is 4.50. The molecule has 1 fully saturated rings. The van der Waals surface area contributed by atoms with Crippen molar-refractivity contribution in [3.8, 4) is 0 Å². The maximum Gasteiger partial charge on any atom is 0.253 e. The van der Waals surface area contributed by atoms with Crippen molar-refractivity contribution in [1.29, 1.82) is 0 Å². The molecule has 0 N–H and O–H groups in total. The maximum atomic E-state index is 13.3. The quantitative estimate of drug-likeness (QED) is 0.706. The number of nitrogens with zero attached hydrogens (tertiary/aromatic N) is 2. The average Bonchev–Trinajstić information content (AvgIpc) is 2.73. The van der Waals surface area contributed by atoms with E-state index in [1.807, 2.05) is 42.3 Å². The van der Waals surface area contributed by atoms with Crippen LogP contribution in [-0.4, -0.2) is 48.9 Å². The van der Waals surface area contributed by atoms with Crippen molar-refractivity contribution < 1.29 is 9.18 Å². The minimum absolute atomic E-state index is 0.0733. The molecule has 4 heteroatoms. The first-order valence-electron chi connectivity index (χ1n) is 10.00. The summed E-state index contributed by atoms with van der Waals surface area (Å²) >= 11 is 0. The zero-order chi connectivity index (χ0) is 19.9. The SMILES string of the molecule is C=Cc1ccc(C(=O)N(C)CC2CCN(CCc3cccc(F)c3)CC2)cc1. The molecule has 1 saturated heterocycles. The molecule has 0 unspecified atom stereocenters. The second kappa shape index (κ2) is 9.65. The Morgan fingerprint density at radius 1 is 1.21 bits per heavy atom. The number of rotatable bonds is 7. The van der Waals surface area contributed by atoms with Crippen molar-refractivity contribution in [2.75, 3.05) is 33.2 Å². The van der Waals surface area contributed by atoms with Crippen molar-refractivity contribution in [3.63, 3.8) is 0 Å². The lowest BCUT2D eigenvalue weighted by atomic mass is 9.95. The van der Waals surface area contributed by atoms with E-state index in [0.29, 0.717) is 5.92 Å². The van der Waals surface area contributed by atoms with Crippen LogP contribution in [0.1, 0.15) is 34.3 Å². The lowest BCUT2D eigenvalue weighted by molar-refractivity contribution is 0.0740. The van der Waals surface area contributed by atoms with E-state index in [0.717, 1.165) is 62.1 Å². The lowest BCUT2D eigenvalue weighted by Gasteiger charge is -2.34. The molecule has 0 saturated carbocycles. The zero-order valence-electron chi connectivity index (χ0n) is 16.6. The van der Waals surface area contributed by atoms with E-state index in [2.05, 4.69) is 11.5 Å². The number of likely N-dealkylation sites (tertiary alicyclic amines) is 1. The molecule has 28 heavy (non-hydrogen) atoms. The molecule has 3 nitrogen and oxygen atoms in total. The van der Waals surface area contributed by atoms with Crippen molar-refractivity contribution in [2.45, 2.75) is 19.3 Å². The molecule has 0 bridgehead atoms. The van der Waals surface area contributed by atoms with Gasteiger partial charge in [0.25, 0.3) is 5.91 Å². The van der Waals surface area contributed by atoms with Crippen LogP contribution in [-0.2, 0) is 6.42 Å². The van der Waals surface area contributed by atoms with Crippen molar-refractivity contribution >= 4 is 12.0 Å². The molecule has 0 radical (unpaired) electrons. The van der Waals surface area contributed by atoms with Gasteiger partial charge in [-0.2, -0.15) is 0 Å². The number of piperidine rings is 1. The van der Waals surface area contributed by atoms with Crippen LogP contribution in [0.5, 0.6) is 0 Å². The summed E-state index contributed by atoms with van der Waals surface area (Å²) in [6.07, 6.45) is 4.84. The molecule has 2 aromatic rings. The Kier molecular flexibility index (Phi) is 6.99. The third-order valence-electron chi connectivity index (χ3n) is 5.58. The summed E-state index contributed by atoms with van der Waals surface area (Å²) in [5, 5.41) is 0. The average molecular weight is 381 g/mol. The topological polar surface area (TPSA) is 23.6 Å². The van der Waals surface area contributed by atoms with Gasteiger partial charge >= 0.3 is 0 Å². The van der Waals surface area contributed by atoms with Gasteiger partial charge in [-0.1, -0.05) is 36.9 Å². The van der Waals surface area contributed by atoms with Crippen molar-refractivity contribution in [3.05, 3.63) is 77.6 Å². The minimum Gasteiger partial charge on any atom is -0.341 e. The van der Waals surface area contributed by atoms with Crippen LogP contribution >= 0.6 is 0 Å². The normalized spacial score (nSPS) is 15.4. The van der Waals surface area contributed by atoms with Gasteiger partial charge in [0.1, 0.15) is 5.82 Å². The fourth-order valence-corrected chi connectivity index (χ4v) is 3.82. The van der Waals surface area contributed by atoms with Crippen LogP contribution < -0.4 is 0 Å². The molecule has 1 aliphatic rings. The Balaban J connectivity index is 1.42. The molecule has 0 spiro atoms. The van der Waals surface area contributed by atoms with Crippen LogP contribution in [0.15, 0.2) is 55.1 Å². The summed E-state index contributed by atoms with van der Waals surface area (Å²) in [6, 6.07) is 14.4. The molecule has 1 aliphatic heterocycles. The Bertz CT molecular complexity index is 795. The van der Waals surface area contributed by atoms with Gasteiger partial charge in [-0.05, 0) is 73.7 Å². The van der Waals surface area contributed by atoms with Gasteiger partial charge in [0.2, 0.25) is 0 Å². The summed E-state index contributed by atoms with van der Waals surface area (Å²) in [7, 11) is 1.89. The van der Waals surface area contributed by atoms with E-state index in [9.17, 15) is 9.18 Å². The number of carbonyl (C=O) groups is 1. The number of benzene rings is 2. The van der Waals surface area contributed by atoms with Crippen molar-refractivity contribution in [1.82, 2.24) is 9.80 Å². The Morgan fingerprint density at radius 2 is 1.93 bits per heavy atom. The Morgan fingerprint density at radius 3 is 2.57 bits per heavy atom. The van der Waals surface area contributed by atoms with Gasteiger partial charge in [0.05, 0.1) is 0 Å². The molecule has 0 aromatic heterocycles. The third kappa shape index (κ3) is 5.52. The molecule has 2 aromatic carbocycles. The van der Waals surface area contributed by atoms with Crippen LogP contribution in [0.4, 0.5) is 4.39 Å². The van der Waals surface area contributed by atoms with Gasteiger partial charge in [-0.3, -0.25) is 4.79 Å². The molecule has 148 valence electrons. The summed E-state index contributed by atoms with van der Waals surface area (Å²) in [6.45, 7) is 7.57. The van der Waals surface area contributed by atoms with Crippen LogP contribution in [0.25, 0.3) is 6.08 Å². The largest absolute Gasteiger partial charge is 0.341 e. The highest BCUT2D eigenvalue weighted by Gasteiger charge is 2.22. The number of carbonyl (C=O) groups excluding carboxylic acids is 1. The predicted molar refractivity (Wildman–Crippen MR) is 113 cm³/mol. The zero-order valence-corrected chi connectivity index (χ0v) is 16.6. The van der Waals surface area contributed by atoms with E-state index in [1.165, 1.54) is 6.07 Å². The summed E-state index contributed by atoms with van der Waals surface area (Å²) in [4.78, 5) is 16.9. The summed E-state index contributed by atoms with van der Waals surface area (Å²) < 4.78 is 13.3. The first kappa shape index (κ1) is 20.3. The van der Waals surface area contributed by atoms with E-state index in [4.69, 9.17) is 0 Å². The summed E-state index contributed by atoms with van der Waals surface area (Å²) in [5.41, 5.74) is 2.79. The molecule has 0 aliphatic carbocycles. The molecule has 1 heterocycles. The number of amides is 1. The third-order valence-corrected chi connectivity index (χ3v) is 5.58. The number of hydrogen-bond acceptors (Lipinski definition) is 2. The monoisotopic (exact) mass is 380 g/mol. The smallest absolute Gasteiger partial charge is 0.253 e. The first-order valence-corrected chi connectivity index (χ1v) is 10.00. The highest BCUT2D eigenvalue weighted by atomic mass is 19.1. The molecular weight excluding hydrogens is 351 g/mol. The fraction of sp³-hybridized carbons (Fsp3) is 0.375. The lowest BCUT2D eigenvalue weighted by Crippen LogP contribution is -2.40. The van der Waals surface area contributed by atoms with Crippen LogP contribution in [0.3, 0.4) is 0 Å². The Hall–Kier alpha value is -2.46. The van der Waals surface area contributed by atoms with E-state index < -0.39 is 0 Å². The first-order chi connectivity index (χ1) is 13.5. The van der Waals surface area contributed by atoms with Crippen molar-refractivity contribution in [2.24, 2.45) is 5.92 Å². The van der Waals surface area contributed by atoms with E-state index in [-0.39, 0.29) is 11.7 Å².